The number of carbonyl (C=O) groups excluding carboxylic acids is 1. The Morgan fingerprint density at radius 1 is 1.35 bits per heavy atom. The lowest BCUT2D eigenvalue weighted by Crippen LogP contribution is -2.50. The van der Waals surface area contributed by atoms with Crippen LogP contribution in [0.1, 0.15) is 26.2 Å². The van der Waals surface area contributed by atoms with Crippen LogP contribution in [-0.2, 0) is 9.59 Å². The SMILES string of the molecule is C[C@@H](N)[C@H](O)C(=O)NC(CCCCN)C(=O)O. The van der Waals surface area contributed by atoms with Gasteiger partial charge in [0.25, 0.3) is 5.91 Å². The van der Waals surface area contributed by atoms with E-state index < -0.39 is 30.1 Å². The van der Waals surface area contributed by atoms with Crippen molar-refractivity contribution < 1.29 is 19.8 Å². The van der Waals surface area contributed by atoms with E-state index in [1.807, 2.05) is 0 Å². The first-order valence-electron chi connectivity index (χ1n) is 5.57. The summed E-state index contributed by atoms with van der Waals surface area (Å²) in [5.74, 6) is -1.90. The van der Waals surface area contributed by atoms with E-state index in [1.165, 1.54) is 6.92 Å². The fourth-order valence-electron chi connectivity index (χ4n) is 1.25. The Hall–Kier alpha value is -1.18. The normalized spacial score (nSPS) is 16.0. The molecule has 3 atom stereocenters. The molecule has 0 aliphatic rings. The van der Waals surface area contributed by atoms with Crippen molar-refractivity contribution in [3.63, 3.8) is 0 Å². The molecular weight excluding hydrogens is 226 g/mol. The van der Waals surface area contributed by atoms with Crippen LogP contribution in [0.25, 0.3) is 0 Å². The van der Waals surface area contributed by atoms with Gasteiger partial charge in [0.1, 0.15) is 12.1 Å². The molecule has 0 saturated heterocycles. The Bertz CT molecular complexity index is 258. The summed E-state index contributed by atoms with van der Waals surface area (Å²) in [6.45, 7) is 1.94. The van der Waals surface area contributed by atoms with Crippen LogP contribution in [0, 0.1) is 0 Å². The van der Waals surface area contributed by atoms with Gasteiger partial charge in [-0.05, 0) is 32.7 Å². The molecule has 100 valence electrons. The molecule has 7 heteroatoms. The minimum absolute atomic E-state index is 0.282. The summed E-state index contributed by atoms with van der Waals surface area (Å²) in [6, 6.07) is -1.75. The van der Waals surface area contributed by atoms with Crippen molar-refractivity contribution in [2.24, 2.45) is 11.5 Å². The van der Waals surface area contributed by atoms with E-state index in [2.05, 4.69) is 5.32 Å². The second-order valence-electron chi connectivity index (χ2n) is 3.99. The van der Waals surface area contributed by atoms with Crippen LogP contribution in [0.15, 0.2) is 0 Å². The van der Waals surface area contributed by atoms with Crippen LogP contribution in [-0.4, -0.2) is 46.8 Å². The molecule has 0 heterocycles. The average molecular weight is 247 g/mol. The molecule has 7 nitrogen and oxygen atoms in total. The van der Waals surface area contributed by atoms with Gasteiger partial charge in [-0.1, -0.05) is 0 Å². The van der Waals surface area contributed by atoms with Crippen molar-refractivity contribution in [2.75, 3.05) is 6.54 Å². The van der Waals surface area contributed by atoms with Gasteiger partial charge >= 0.3 is 5.97 Å². The van der Waals surface area contributed by atoms with Gasteiger partial charge in [0, 0.05) is 6.04 Å². The predicted molar refractivity (Wildman–Crippen MR) is 62.1 cm³/mol. The number of nitrogens with one attached hydrogen (secondary N) is 1. The van der Waals surface area contributed by atoms with Gasteiger partial charge in [0.2, 0.25) is 0 Å². The average Bonchev–Trinajstić information content (AvgIpc) is 2.26. The number of carboxylic acid groups (broad SMARTS) is 1. The molecule has 1 unspecified atom stereocenters. The minimum Gasteiger partial charge on any atom is -0.480 e. The van der Waals surface area contributed by atoms with Crippen LogP contribution in [0.4, 0.5) is 0 Å². The molecule has 0 spiro atoms. The van der Waals surface area contributed by atoms with E-state index in [0.717, 1.165) is 0 Å². The fourth-order valence-corrected chi connectivity index (χ4v) is 1.25. The first-order chi connectivity index (χ1) is 7.90. The number of hydrogen-bond acceptors (Lipinski definition) is 5. The summed E-state index contributed by atoms with van der Waals surface area (Å²) in [6.07, 6.45) is 0.174. The van der Waals surface area contributed by atoms with Gasteiger partial charge < -0.3 is 27.0 Å². The first kappa shape index (κ1) is 15.8. The molecule has 1 amide bonds. The molecule has 0 bridgehead atoms. The number of hydrogen-bond donors (Lipinski definition) is 5. The molecule has 0 aromatic heterocycles. The summed E-state index contributed by atoms with van der Waals surface area (Å²) in [5.41, 5.74) is 10.6. The third kappa shape index (κ3) is 6.20. The van der Waals surface area contributed by atoms with Crippen molar-refractivity contribution in [1.29, 1.82) is 0 Å². The van der Waals surface area contributed by atoms with E-state index in [9.17, 15) is 14.7 Å². The standard InChI is InChI=1S/C10H21N3O4/c1-6(12)8(14)9(15)13-7(10(16)17)4-2-3-5-11/h6-8,14H,2-5,11-12H2,1H3,(H,13,15)(H,16,17)/t6-,7?,8+/m1/s1. The van der Waals surface area contributed by atoms with Crippen LogP contribution < -0.4 is 16.8 Å². The van der Waals surface area contributed by atoms with Crippen LogP contribution >= 0.6 is 0 Å². The number of aliphatic hydroxyl groups is 1. The lowest BCUT2D eigenvalue weighted by atomic mass is 10.1. The maximum absolute atomic E-state index is 11.4. The summed E-state index contributed by atoms with van der Waals surface area (Å²) < 4.78 is 0. The summed E-state index contributed by atoms with van der Waals surface area (Å²) >= 11 is 0. The molecule has 0 saturated carbocycles. The molecule has 0 aromatic carbocycles. The van der Waals surface area contributed by atoms with Crippen molar-refractivity contribution in [3.05, 3.63) is 0 Å². The molecular formula is C10H21N3O4. The van der Waals surface area contributed by atoms with Crippen LogP contribution in [0.5, 0.6) is 0 Å². The van der Waals surface area contributed by atoms with E-state index in [0.29, 0.717) is 19.4 Å². The molecule has 0 aromatic rings. The third-order valence-electron chi connectivity index (χ3n) is 2.33. The summed E-state index contributed by atoms with van der Waals surface area (Å²) in [4.78, 5) is 22.3. The highest BCUT2D eigenvalue weighted by atomic mass is 16.4. The number of aliphatic hydroxyl groups excluding tert-OH is 1. The van der Waals surface area contributed by atoms with Crippen molar-refractivity contribution in [2.45, 2.75) is 44.4 Å². The van der Waals surface area contributed by atoms with E-state index in [4.69, 9.17) is 16.6 Å². The first-order valence-corrected chi connectivity index (χ1v) is 5.57. The number of aliphatic carboxylic acids is 1. The highest BCUT2D eigenvalue weighted by Crippen LogP contribution is 2.02. The maximum Gasteiger partial charge on any atom is 0.326 e. The van der Waals surface area contributed by atoms with Gasteiger partial charge in [0.15, 0.2) is 0 Å². The molecule has 0 aliphatic heterocycles. The molecule has 0 fully saturated rings. The summed E-state index contributed by atoms with van der Waals surface area (Å²) in [7, 11) is 0. The van der Waals surface area contributed by atoms with Crippen LogP contribution in [0.3, 0.4) is 0 Å². The van der Waals surface area contributed by atoms with Gasteiger partial charge in [-0.3, -0.25) is 4.79 Å². The van der Waals surface area contributed by atoms with E-state index >= 15 is 0 Å². The molecule has 0 rings (SSSR count). The summed E-state index contributed by atoms with van der Waals surface area (Å²) in [5, 5.41) is 20.5. The monoisotopic (exact) mass is 247 g/mol. The Morgan fingerprint density at radius 2 is 1.94 bits per heavy atom. The largest absolute Gasteiger partial charge is 0.480 e. The highest BCUT2D eigenvalue weighted by molar-refractivity contribution is 5.86. The minimum atomic E-state index is -1.40. The third-order valence-corrected chi connectivity index (χ3v) is 2.33. The molecule has 7 N–H and O–H groups in total. The number of unbranched alkanes of at least 4 members (excludes halogenated alkanes) is 1. The highest BCUT2D eigenvalue weighted by Gasteiger charge is 2.25. The van der Waals surface area contributed by atoms with Gasteiger partial charge in [0.05, 0.1) is 0 Å². The van der Waals surface area contributed by atoms with Gasteiger partial charge in [-0.25, -0.2) is 4.79 Å². The molecule has 0 aliphatic carbocycles. The number of nitrogens with two attached hydrogens (primary N) is 2. The number of amides is 1. The predicted octanol–water partition coefficient (Wildman–Crippen LogP) is -1.61. The van der Waals surface area contributed by atoms with E-state index in [1.54, 1.807) is 0 Å². The van der Waals surface area contributed by atoms with Crippen LogP contribution in [0.2, 0.25) is 0 Å². The second-order valence-corrected chi connectivity index (χ2v) is 3.99. The lowest BCUT2D eigenvalue weighted by Gasteiger charge is -2.18. The molecule has 17 heavy (non-hydrogen) atoms. The lowest BCUT2D eigenvalue weighted by molar-refractivity contribution is -0.143. The Morgan fingerprint density at radius 3 is 2.35 bits per heavy atom. The Labute approximate surface area is 100 Å². The number of rotatable bonds is 8. The van der Waals surface area contributed by atoms with Gasteiger partial charge in [-0.2, -0.15) is 0 Å². The zero-order chi connectivity index (χ0) is 13.4. The zero-order valence-corrected chi connectivity index (χ0v) is 9.93. The fraction of sp³-hybridized carbons (Fsp3) is 0.800. The molecule has 0 radical (unpaired) electrons. The Balaban J connectivity index is 4.25. The Kier molecular flexibility index (Phi) is 7.44. The van der Waals surface area contributed by atoms with Gasteiger partial charge in [-0.15, -0.1) is 0 Å². The maximum atomic E-state index is 11.4. The number of carbonyl (C=O) groups is 2. The van der Waals surface area contributed by atoms with Crippen molar-refractivity contribution >= 4 is 11.9 Å². The van der Waals surface area contributed by atoms with Crippen molar-refractivity contribution in [1.82, 2.24) is 5.32 Å². The number of carboxylic acids is 1. The smallest absolute Gasteiger partial charge is 0.326 e. The van der Waals surface area contributed by atoms with Crippen molar-refractivity contribution in [3.8, 4) is 0 Å². The second kappa shape index (κ2) is 7.99. The quantitative estimate of drug-likeness (QED) is 0.327. The topological polar surface area (TPSA) is 139 Å². The van der Waals surface area contributed by atoms with E-state index in [-0.39, 0.29) is 6.42 Å². The zero-order valence-electron chi connectivity index (χ0n) is 9.93.